The van der Waals surface area contributed by atoms with Crippen molar-refractivity contribution in [2.24, 2.45) is 0 Å². The second-order valence-electron chi connectivity index (χ2n) is 6.91. The molecule has 0 atom stereocenters. The maximum atomic E-state index is 6.24. The van der Waals surface area contributed by atoms with Gasteiger partial charge in [-0.25, -0.2) is 9.97 Å². The van der Waals surface area contributed by atoms with Gasteiger partial charge in [-0.3, -0.25) is 0 Å². The maximum absolute atomic E-state index is 6.24. The standard InChI is InChI=1S/C22H22ClN5/c1-27(2)12-11-24-21-20-19(16-7-4-3-5-8-16)14-28(22(20)26-15-25-21)18-10-6-9-17(23)13-18/h3-10,13-15H,11-12H2,1-2H3,(H,24,25,26). The normalized spacial score (nSPS) is 11.3. The summed E-state index contributed by atoms with van der Waals surface area (Å²) < 4.78 is 2.07. The quantitative estimate of drug-likeness (QED) is 0.516. The summed E-state index contributed by atoms with van der Waals surface area (Å²) in [5, 5.41) is 5.17. The highest BCUT2D eigenvalue weighted by Gasteiger charge is 2.17. The highest BCUT2D eigenvalue weighted by atomic mass is 35.5. The molecule has 1 N–H and O–H groups in total. The lowest BCUT2D eigenvalue weighted by molar-refractivity contribution is 0.425. The Morgan fingerprint density at radius 3 is 2.61 bits per heavy atom. The van der Waals surface area contributed by atoms with E-state index in [1.807, 2.05) is 42.5 Å². The van der Waals surface area contributed by atoms with Crippen molar-refractivity contribution in [2.75, 3.05) is 32.5 Å². The molecule has 142 valence electrons. The molecular weight excluding hydrogens is 370 g/mol. The van der Waals surface area contributed by atoms with Crippen molar-refractivity contribution in [1.29, 1.82) is 0 Å². The molecular formula is C22H22ClN5. The summed E-state index contributed by atoms with van der Waals surface area (Å²) in [6, 6.07) is 18.1. The molecule has 0 saturated carbocycles. The summed E-state index contributed by atoms with van der Waals surface area (Å²) in [6.07, 6.45) is 3.72. The average Bonchev–Trinajstić information content (AvgIpc) is 3.09. The van der Waals surface area contributed by atoms with Crippen molar-refractivity contribution >= 4 is 28.5 Å². The van der Waals surface area contributed by atoms with Gasteiger partial charge in [0, 0.05) is 35.6 Å². The van der Waals surface area contributed by atoms with Crippen LogP contribution in [0.25, 0.3) is 27.8 Å². The van der Waals surface area contributed by atoms with E-state index in [9.17, 15) is 0 Å². The van der Waals surface area contributed by atoms with Crippen molar-refractivity contribution in [2.45, 2.75) is 0 Å². The molecule has 0 bridgehead atoms. The molecule has 2 aromatic carbocycles. The summed E-state index contributed by atoms with van der Waals surface area (Å²) >= 11 is 6.24. The number of nitrogens with zero attached hydrogens (tertiary/aromatic N) is 4. The molecule has 6 heteroatoms. The lowest BCUT2D eigenvalue weighted by Gasteiger charge is -2.12. The summed E-state index contributed by atoms with van der Waals surface area (Å²) in [5.74, 6) is 0.839. The van der Waals surface area contributed by atoms with E-state index in [0.717, 1.165) is 46.8 Å². The Morgan fingerprint density at radius 2 is 1.86 bits per heavy atom. The molecule has 0 fully saturated rings. The fourth-order valence-corrected chi connectivity index (χ4v) is 3.44. The predicted molar refractivity (Wildman–Crippen MR) is 116 cm³/mol. The summed E-state index contributed by atoms with van der Waals surface area (Å²) in [7, 11) is 4.12. The van der Waals surface area contributed by atoms with Crippen LogP contribution in [-0.2, 0) is 0 Å². The van der Waals surface area contributed by atoms with Gasteiger partial charge in [-0.1, -0.05) is 48.0 Å². The zero-order valence-electron chi connectivity index (χ0n) is 15.9. The number of nitrogens with one attached hydrogen (secondary N) is 1. The van der Waals surface area contributed by atoms with Crippen LogP contribution in [0.1, 0.15) is 0 Å². The molecule has 0 saturated heterocycles. The van der Waals surface area contributed by atoms with E-state index in [2.05, 4.69) is 57.2 Å². The fraction of sp³-hybridized carbons (Fsp3) is 0.182. The van der Waals surface area contributed by atoms with Crippen LogP contribution in [-0.4, -0.2) is 46.6 Å². The van der Waals surface area contributed by atoms with Crippen LogP contribution >= 0.6 is 11.6 Å². The Morgan fingerprint density at radius 1 is 1.04 bits per heavy atom. The van der Waals surface area contributed by atoms with Gasteiger partial charge in [0.05, 0.1) is 5.39 Å². The number of likely N-dealkylation sites (N-methyl/N-ethyl adjacent to an activating group) is 1. The van der Waals surface area contributed by atoms with Crippen molar-refractivity contribution in [3.8, 4) is 16.8 Å². The van der Waals surface area contributed by atoms with Crippen molar-refractivity contribution in [3.63, 3.8) is 0 Å². The molecule has 0 aliphatic carbocycles. The van der Waals surface area contributed by atoms with Gasteiger partial charge in [0.2, 0.25) is 0 Å². The van der Waals surface area contributed by atoms with Crippen LogP contribution < -0.4 is 5.32 Å². The molecule has 0 spiro atoms. The number of aromatic nitrogens is 3. The molecule has 28 heavy (non-hydrogen) atoms. The first-order valence-corrected chi connectivity index (χ1v) is 9.57. The smallest absolute Gasteiger partial charge is 0.150 e. The van der Waals surface area contributed by atoms with Crippen LogP contribution in [0.4, 0.5) is 5.82 Å². The third kappa shape index (κ3) is 3.72. The van der Waals surface area contributed by atoms with Crippen LogP contribution in [0.5, 0.6) is 0 Å². The zero-order valence-corrected chi connectivity index (χ0v) is 16.7. The second-order valence-corrected chi connectivity index (χ2v) is 7.35. The minimum atomic E-state index is 0.694. The van der Waals surface area contributed by atoms with Gasteiger partial charge in [0.15, 0.2) is 5.65 Å². The van der Waals surface area contributed by atoms with E-state index in [-0.39, 0.29) is 0 Å². The monoisotopic (exact) mass is 391 g/mol. The van der Waals surface area contributed by atoms with Crippen molar-refractivity contribution < 1.29 is 0 Å². The van der Waals surface area contributed by atoms with Crippen LogP contribution in [0, 0.1) is 0 Å². The van der Waals surface area contributed by atoms with Crippen LogP contribution in [0.3, 0.4) is 0 Å². The van der Waals surface area contributed by atoms with Gasteiger partial charge < -0.3 is 14.8 Å². The molecule has 2 aromatic heterocycles. The molecule has 2 heterocycles. The number of rotatable bonds is 6. The van der Waals surface area contributed by atoms with E-state index < -0.39 is 0 Å². The summed E-state index contributed by atoms with van der Waals surface area (Å²) in [4.78, 5) is 11.3. The lowest BCUT2D eigenvalue weighted by Crippen LogP contribution is -2.21. The highest BCUT2D eigenvalue weighted by Crippen LogP contribution is 2.35. The third-order valence-electron chi connectivity index (χ3n) is 4.61. The van der Waals surface area contributed by atoms with Crippen molar-refractivity contribution in [1.82, 2.24) is 19.4 Å². The van der Waals surface area contributed by atoms with E-state index in [4.69, 9.17) is 11.6 Å². The number of hydrogen-bond acceptors (Lipinski definition) is 4. The second kappa shape index (κ2) is 8.00. The van der Waals surface area contributed by atoms with Crippen LogP contribution in [0.2, 0.25) is 5.02 Å². The van der Waals surface area contributed by atoms with Gasteiger partial charge >= 0.3 is 0 Å². The number of fused-ring (bicyclic) bond motifs is 1. The highest BCUT2D eigenvalue weighted by molar-refractivity contribution is 6.30. The zero-order chi connectivity index (χ0) is 19.5. The molecule has 0 amide bonds. The Bertz CT molecular complexity index is 1090. The van der Waals surface area contributed by atoms with Crippen molar-refractivity contribution in [3.05, 3.63) is 72.1 Å². The Kier molecular flexibility index (Phi) is 5.28. The summed E-state index contributed by atoms with van der Waals surface area (Å²) in [5.41, 5.74) is 4.03. The minimum Gasteiger partial charge on any atom is -0.368 e. The van der Waals surface area contributed by atoms with Gasteiger partial charge in [0.25, 0.3) is 0 Å². The van der Waals surface area contributed by atoms with E-state index in [1.165, 1.54) is 0 Å². The average molecular weight is 392 g/mol. The van der Waals surface area contributed by atoms with Crippen LogP contribution in [0.15, 0.2) is 67.1 Å². The topological polar surface area (TPSA) is 46.0 Å². The van der Waals surface area contributed by atoms with E-state index >= 15 is 0 Å². The predicted octanol–water partition coefficient (Wildman–Crippen LogP) is 4.71. The summed E-state index contributed by atoms with van der Waals surface area (Å²) in [6.45, 7) is 1.72. The number of hydrogen-bond donors (Lipinski definition) is 1. The van der Waals surface area contributed by atoms with Gasteiger partial charge in [-0.05, 0) is 37.9 Å². The molecule has 0 unspecified atom stereocenters. The number of halogens is 1. The molecule has 0 aliphatic heterocycles. The molecule has 0 radical (unpaired) electrons. The SMILES string of the molecule is CN(C)CCNc1ncnc2c1c(-c1ccccc1)cn2-c1cccc(Cl)c1. The largest absolute Gasteiger partial charge is 0.368 e. The first-order chi connectivity index (χ1) is 13.6. The Labute approximate surface area is 169 Å². The maximum Gasteiger partial charge on any atom is 0.150 e. The first-order valence-electron chi connectivity index (χ1n) is 9.19. The van der Waals surface area contributed by atoms with E-state index in [1.54, 1.807) is 6.33 Å². The van der Waals surface area contributed by atoms with Gasteiger partial charge in [-0.15, -0.1) is 0 Å². The third-order valence-corrected chi connectivity index (χ3v) is 4.84. The first kappa shape index (κ1) is 18.5. The number of benzene rings is 2. The molecule has 4 aromatic rings. The Hall–Kier alpha value is -2.89. The molecule has 5 nitrogen and oxygen atoms in total. The number of anilines is 1. The van der Waals surface area contributed by atoms with Gasteiger partial charge in [0.1, 0.15) is 12.1 Å². The lowest BCUT2D eigenvalue weighted by atomic mass is 10.1. The molecule has 0 aliphatic rings. The minimum absolute atomic E-state index is 0.694. The van der Waals surface area contributed by atoms with E-state index in [0.29, 0.717) is 5.02 Å². The fourth-order valence-electron chi connectivity index (χ4n) is 3.25. The van der Waals surface area contributed by atoms with Gasteiger partial charge in [-0.2, -0.15) is 0 Å². The molecule has 4 rings (SSSR count). The Balaban J connectivity index is 1.90.